The van der Waals surface area contributed by atoms with Gasteiger partial charge in [-0.2, -0.15) is 0 Å². The van der Waals surface area contributed by atoms with Crippen LogP contribution in [0.2, 0.25) is 0 Å². The van der Waals surface area contributed by atoms with E-state index in [1.807, 2.05) is 65.8 Å². The van der Waals surface area contributed by atoms with E-state index in [4.69, 9.17) is 52.1 Å². The van der Waals surface area contributed by atoms with Crippen LogP contribution in [0.4, 0.5) is 0 Å². The fraction of sp³-hybridized carbons (Fsp3) is 0.649. The zero-order valence-electron chi connectivity index (χ0n) is 30.1. The molecule has 10 atom stereocenters. The number of hydrogen-bond acceptors (Lipinski definition) is 13. The molecular weight excluding hydrogens is 652 g/mol. The maximum absolute atomic E-state index is 13.8. The number of aliphatic hydroxyl groups is 1. The van der Waals surface area contributed by atoms with Crippen LogP contribution < -0.4 is 23.7 Å². The molecule has 13 nitrogen and oxygen atoms in total. The Morgan fingerprint density at radius 3 is 2.12 bits per heavy atom. The van der Waals surface area contributed by atoms with Crippen molar-refractivity contribution < 1.29 is 62.0 Å². The number of esters is 1. The molecule has 0 spiro atoms. The topological polar surface area (TPSA) is 139 Å². The summed E-state index contributed by atoms with van der Waals surface area (Å²) in [6, 6.07) is 7.52. The van der Waals surface area contributed by atoms with E-state index in [0.717, 1.165) is 16.7 Å². The number of benzene rings is 2. The molecule has 13 heteroatoms. The summed E-state index contributed by atoms with van der Waals surface area (Å²) in [6.07, 6.45) is -5.52. The lowest BCUT2D eigenvalue weighted by molar-refractivity contribution is -0.375. The van der Waals surface area contributed by atoms with Crippen LogP contribution in [-0.4, -0.2) is 93.5 Å². The Balaban J connectivity index is 1.31. The summed E-state index contributed by atoms with van der Waals surface area (Å²) in [7, 11) is 3.13. The lowest BCUT2D eigenvalue weighted by Crippen LogP contribution is -2.65. The van der Waals surface area contributed by atoms with Crippen LogP contribution in [0.5, 0.6) is 28.7 Å². The number of carbonyl (C=O) groups excluding carboxylic acids is 1. The summed E-state index contributed by atoms with van der Waals surface area (Å²) >= 11 is 0. The maximum Gasteiger partial charge on any atom is 0.310 e. The number of carbonyl (C=O) groups is 1. The van der Waals surface area contributed by atoms with Crippen LogP contribution in [0.15, 0.2) is 24.3 Å². The van der Waals surface area contributed by atoms with Gasteiger partial charge in [0.15, 0.2) is 35.6 Å². The van der Waals surface area contributed by atoms with Crippen molar-refractivity contribution in [3.63, 3.8) is 0 Å². The van der Waals surface area contributed by atoms with Crippen LogP contribution in [0.1, 0.15) is 77.2 Å². The Hall–Kier alpha value is -3.33. The normalized spacial score (nSPS) is 33.2. The highest BCUT2D eigenvalue weighted by molar-refractivity contribution is 5.79. The van der Waals surface area contributed by atoms with Crippen LogP contribution in [0.3, 0.4) is 0 Å². The van der Waals surface area contributed by atoms with Crippen LogP contribution >= 0.6 is 0 Å². The highest BCUT2D eigenvalue weighted by Gasteiger charge is 2.57. The molecule has 5 aliphatic rings. The number of hydrogen-bond donors (Lipinski definition) is 1. The van der Waals surface area contributed by atoms with Gasteiger partial charge in [-0.15, -0.1) is 0 Å². The average molecular weight is 701 g/mol. The Labute approximate surface area is 292 Å². The van der Waals surface area contributed by atoms with E-state index in [1.165, 1.54) is 0 Å². The van der Waals surface area contributed by atoms with Gasteiger partial charge in [0.2, 0.25) is 12.5 Å². The first-order valence-corrected chi connectivity index (χ1v) is 17.1. The summed E-state index contributed by atoms with van der Waals surface area (Å²) in [6.45, 7) is 13.8. The summed E-state index contributed by atoms with van der Waals surface area (Å²) in [5, 5.41) is 11.8. The zero-order valence-corrected chi connectivity index (χ0v) is 30.1. The molecule has 0 bridgehead atoms. The summed E-state index contributed by atoms with van der Waals surface area (Å²) in [5.41, 5.74) is 1.16. The third-order valence-corrected chi connectivity index (χ3v) is 9.60. The summed E-state index contributed by atoms with van der Waals surface area (Å²) in [4.78, 5) is 13.8. The molecule has 7 rings (SSSR count). The monoisotopic (exact) mass is 700 g/mol. The van der Waals surface area contributed by atoms with E-state index in [2.05, 4.69) is 0 Å². The van der Waals surface area contributed by atoms with Crippen LogP contribution in [0.25, 0.3) is 0 Å². The van der Waals surface area contributed by atoms with Gasteiger partial charge in [0.25, 0.3) is 0 Å². The highest BCUT2D eigenvalue weighted by atomic mass is 16.8. The molecule has 1 N–H and O–H groups in total. The maximum atomic E-state index is 13.8. The van der Waals surface area contributed by atoms with Crippen LogP contribution in [-0.2, 0) is 33.2 Å². The van der Waals surface area contributed by atoms with Crippen molar-refractivity contribution in [3.05, 3.63) is 41.0 Å². The predicted octanol–water partition coefficient (Wildman–Crippen LogP) is 4.63. The van der Waals surface area contributed by atoms with Crippen molar-refractivity contribution in [3.8, 4) is 28.7 Å². The third kappa shape index (κ3) is 6.48. The minimum Gasteiger partial charge on any atom is -0.493 e. The summed E-state index contributed by atoms with van der Waals surface area (Å²) in [5.74, 6) is 0.462. The first-order valence-electron chi connectivity index (χ1n) is 17.1. The quantitative estimate of drug-likeness (QED) is 0.402. The van der Waals surface area contributed by atoms with Crippen molar-refractivity contribution in [2.24, 2.45) is 11.8 Å². The van der Waals surface area contributed by atoms with E-state index in [-0.39, 0.29) is 26.0 Å². The number of aliphatic hydroxyl groups excluding tert-OH is 1. The molecule has 2 unspecified atom stereocenters. The van der Waals surface area contributed by atoms with Gasteiger partial charge in [-0.05, 0) is 89.4 Å². The van der Waals surface area contributed by atoms with E-state index in [9.17, 15) is 9.90 Å². The van der Waals surface area contributed by atoms with Gasteiger partial charge in [0.1, 0.15) is 30.0 Å². The van der Waals surface area contributed by atoms with E-state index < -0.39 is 72.1 Å². The van der Waals surface area contributed by atoms with E-state index in [0.29, 0.717) is 28.7 Å². The van der Waals surface area contributed by atoms with Crippen molar-refractivity contribution in [2.45, 2.75) is 109 Å². The van der Waals surface area contributed by atoms with Gasteiger partial charge in [0, 0.05) is 11.8 Å². The summed E-state index contributed by atoms with van der Waals surface area (Å²) < 4.78 is 66.7. The second kappa shape index (κ2) is 13.0. The van der Waals surface area contributed by atoms with Crippen molar-refractivity contribution in [2.75, 3.05) is 34.2 Å². The van der Waals surface area contributed by atoms with Gasteiger partial charge in [0.05, 0.1) is 45.1 Å². The van der Waals surface area contributed by atoms with Gasteiger partial charge in [-0.3, -0.25) is 4.79 Å². The fourth-order valence-electron chi connectivity index (χ4n) is 7.66. The predicted molar refractivity (Wildman–Crippen MR) is 176 cm³/mol. The van der Waals surface area contributed by atoms with E-state index >= 15 is 0 Å². The first kappa shape index (κ1) is 35.1. The minimum absolute atomic E-state index is 0.0571. The molecule has 3 saturated heterocycles. The largest absolute Gasteiger partial charge is 0.493 e. The second-order valence-electron chi connectivity index (χ2n) is 15.4. The SMILES string of the molecule is COc1cc([C@@H]2c3cc4c(cc3[C@@H](OC3O[C@@H]5CO[C@@H](C)O[C@H]5[C@H](OC(C)(C)C)[C@H]3O)C3COC(=O)[C@@H]32)OCO4)cc(OC)c1OC(C)(C)C. The smallest absolute Gasteiger partial charge is 0.310 e. The highest BCUT2D eigenvalue weighted by Crippen LogP contribution is 2.57. The fourth-order valence-corrected chi connectivity index (χ4v) is 7.66. The molecule has 2 aromatic rings. The second-order valence-corrected chi connectivity index (χ2v) is 15.4. The number of rotatable bonds is 7. The molecule has 0 amide bonds. The molecule has 4 aliphatic heterocycles. The Morgan fingerprint density at radius 1 is 0.840 bits per heavy atom. The molecule has 1 aliphatic carbocycles. The molecule has 50 heavy (non-hydrogen) atoms. The Kier molecular flexibility index (Phi) is 9.14. The van der Waals surface area contributed by atoms with Gasteiger partial charge < -0.3 is 57.2 Å². The Morgan fingerprint density at radius 2 is 1.50 bits per heavy atom. The van der Waals surface area contributed by atoms with Gasteiger partial charge >= 0.3 is 5.97 Å². The van der Waals surface area contributed by atoms with Crippen LogP contribution in [0, 0.1) is 11.8 Å². The molecule has 0 saturated carbocycles. The Bertz CT molecular complexity index is 1570. The zero-order chi connectivity index (χ0) is 35.7. The number of cyclic esters (lactones) is 1. The number of methoxy groups -OCH3 is 2. The molecule has 0 aromatic heterocycles. The molecule has 3 fully saturated rings. The molecule has 2 aromatic carbocycles. The molecule has 274 valence electrons. The molecular formula is C37H48O13. The van der Waals surface area contributed by atoms with Gasteiger partial charge in [-0.25, -0.2) is 0 Å². The third-order valence-electron chi connectivity index (χ3n) is 9.60. The lowest BCUT2D eigenvalue weighted by atomic mass is 9.66. The molecule has 4 heterocycles. The van der Waals surface area contributed by atoms with Crippen molar-refractivity contribution in [1.82, 2.24) is 0 Å². The van der Waals surface area contributed by atoms with Crippen molar-refractivity contribution >= 4 is 5.97 Å². The lowest BCUT2D eigenvalue weighted by Gasteiger charge is -2.50. The average Bonchev–Trinajstić information content (AvgIpc) is 3.67. The number of fused-ring (bicyclic) bond motifs is 4. The van der Waals surface area contributed by atoms with Gasteiger partial charge in [-0.1, -0.05) is 0 Å². The minimum atomic E-state index is -1.23. The standard InChI is InChI=1S/C37H48O13/c1-17-42-15-26-32(46-17)33(50-37(5,6)7)29(38)35(47-26)48-30-20-13-23-22(44-16-45-23)12-19(20)27(28-21(30)14-43-34(28)39)18-10-24(40-8)31(25(11-18)41-9)49-36(2,3)4/h10-13,17,21,26-30,32-33,35,38H,14-16H2,1-9H3/t17-,21?,26-,27-,28+,29-,30-,32-,33-,35?/m1/s1. The van der Waals surface area contributed by atoms with E-state index in [1.54, 1.807) is 21.1 Å². The van der Waals surface area contributed by atoms with Crippen molar-refractivity contribution in [1.29, 1.82) is 0 Å². The molecule has 0 radical (unpaired) electrons. The first-order chi connectivity index (χ1) is 23.7. The number of ether oxygens (including phenoxy) is 11.